The molecule has 3 aliphatic carbocycles. The van der Waals surface area contributed by atoms with Crippen LogP contribution >= 0.6 is 0 Å². The van der Waals surface area contributed by atoms with E-state index in [0.717, 1.165) is 36.2 Å². The van der Waals surface area contributed by atoms with E-state index in [9.17, 15) is 22.0 Å². The normalized spacial score (nSPS) is 27.8. The zero-order valence-corrected chi connectivity index (χ0v) is 26.8. The zero-order valence-electron chi connectivity index (χ0n) is 26.8. The molecule has 0 aromatic heterocycles. The molecule has 0 bridgehead atoms. The molecule has 2 aromatic rings. The lowest BCUT2D eigenvalue weighted by atomic mass is 9.68. The first kappa shape index (κ1) is 34.2. The predicted molar refractivity (Wildman–Crippen MR) is 167 cm³/mol. The van der Waals surface area contributed by atoms with Crippen molar-refractivity contribution in [3.63, 3.8) is 0 Å². The zero-order chi connectivity index (χ0) is 32.0. The second-order valence-corrected chi connectivity index (χ2v) is 14.3. The number of rotatable bonds is 12. The van der Waals surface area contributed by atoms with E-state index in [0.29, 0.717) is 36.5 Å². The Morgan fingerprint density at radius 3 is 1.82 bits per heavy atom. The van der Waals surface area contributed by atoms with E-state index in [4.69, 9.17) is 0 Å². The Bertz CT molecular complexity index is 1200. The van der Waals surface area contributed by atoms with E-state index in [1.54, 1.807) is 6.07 Å². The molecule has 0 unspecified atom stereocenters. The molecule has 3 saturated carbocycles. The lowest BCUT2D eigenvalue weighted by Gasteiger charge is -2.38. The largest absolute Gasteiger partial charge is 0.432 e. The highest BCUT2D eigenvalue weighted by Crippen LogP contribution is 2.47. The van der Waals surface area contributed by atoms with Crippen LogP contribution in [0.15, 0.2) is 30.3 Å². The van der Waals surface area contributed by atoms with E-state index < -0.39 is 35.2 Å². The molecular weight excluding hydrogens is 586 g/mol. The second kappa shape index (κ2) is 15.6. The summed E-state index contributed by atoms with van der Waals surface area (Å²) in [6.45, 7) is 2.27. The van der Waals surface area contributed by atoms with Gasteiger partial charge in [-0.1, -0.05) is 70.4 Å². The number of ether oxygens (including phenoxy) is 1. The van der Waals surface area contributed by atoms with Crippen LogP contribution in [0.3, 0.4) is 0 Å². The van der Waals surface area contributed by atoms with Gasteiger partial charge in [0.15, 0.2) is 17.5 Å². The molecule has 0 aliphatic heterocycles. The van der Waals surface area contributed by atoms with Crippen LogP contribution in [0.2, 0.25) is 0 Å². The molecule has 0 atom stereocenters. The highest BCUT2D eigenvalue weighted by atomic mass is 19.3. The number of hydrogen-bond acceptors (Lipinski definition) is 1. The Morgan fingerprint density at radius 1 is 0.644 bits per heavy atom. The van der Waals surface area contributed by atoms with Gasteiger partial charge in [0.1, 0.15) is 11.6 Å². The molecule has 0 spiro atoms. The molecule has 45 heavy (non-hydrogen) atoms. The van der Waals surface area contributed by atoms with Crippen molar-refractivity contribution >= 4 is 0 Å². The van der Waals surface area contributed by atoms with Crippen LogP contribution in [0.4, 0.5) is 26.3 Å². The van der Waals surface area contributed by atoms with Gasteiger partial charge in [-0.15, -0.1) is 0 Å². The highest BCUT2D eigenvalue weighted by molar-refractivity contribution is 5.30. The van der Waals surface area contributed by atoms with E-state index in [2.05, 4.69) is 11.7 Å². The molecule has 3 aliphatic rings. The maximum absolute atomic E-state index is 15.4. The molecular formula is C38H50F6O. The topological polar surface area (TPSA) is 9.23 Å². The number of hydrogen-bond donors (Lipinski definition) is 0. The maximum Gasteiger partial charge on any atom is 0.400 e. The summed E-state index contributed by atoms with van der Waals surface area (Å²) in [5.41, 5.74) is 1.62. The van der Waals surface area contributed by atoms with Gasteiger partial charge in [-0.3, -0.25) is 0 Å². The lowest BCUT2D eigenvalue weighted by molar-refractivity contribution is -0.222. The first-order valence-electron chi connectivity index (χ1n) is 17.6. The Balaban J connectivity index is 1.06. The standard InChI is InChI=1S/C38H50F6O/c1-2-3-4-5-6-7-25-8-10-26(11-9-25)27-12-14-28(15-13-27)30-18-21-33(34(39)22-30)29-16-19-31(20-17-29)38(43,44)45-32-23-35(40)37(42)36(41)24-32/h18,21-29,31H,2-17,19-20H2,1H3. The average molecular weight is 637 g/mol. The molecule has 0 N–H and O–H groups in total. The molecule has 0 amide bonds. The average Bonchev–Trinajstić information content (AvgIpc) is 3.04. The fourth-order valence-electron chi connectivity index (χ4n) is 8.61. The minimum absolute atomic E-state index is 0.0793. The van der Waals surface area contributed by atoms with E-state index in [1.807, 2.05) is 12.1 Å². The summed E-state index contributed by atoms with van der Waals surface area (Å²) >= 11 is 0. The summed E-state index contributed by atoms with van der Waals surface area (Å²) in [6, 6.07) is 6.40. The minimum atomic E-state index is -3.68. The van der Waals surface area contributed by atoms with Crippen LogP contribution in [0, 0.1) is 46.9 Å². The summed E-state index contributed by atoms with van der Waals surface area (Å²) in [5, 5.41) is 0. The van der Waals surface area contributed by atoms with Gasteiger partial charge >= 0.3 is 6.11 Å². The Labute approximate surface area is 265 Å². The number of halogens is 6. The van der Waals surface area contributed by atoms with Crippen LogP contribution in [0.25, 0.3) is 0 Å². The van der Waals surface area contributed by atoms with Crippen LogP contribution in [0.5, 0.6) is 5.75 Å². The van der Waals surface area contributed by atoms with Crippen molar-refractivity contribution in [3.05, 3.63) is 64.7 Å². The minimum Gasteiger partial charge on any atom is -0.432 e. The summed E-state index contributed by atoms with van der Waals surface area (Å²) in [4.78, 5) is 0. The lowest BCUT2D eigenvalue weighted by Crippen LogP contribution is -2.37. The Kier molecular flexibility index (Phi) is 11.8. The van der Waals surface area contributed by atoms with E-state index in [-0.39, 0.29) is 24.6 Å². The fraction of sp³-hybridized carbons (Fsp3) is 0.684. The maximum atomic E-state index is 15.4. The van der Waals surface area contributed by atoms with E-state index >= 15 is 4.39 Å². The van der Waals surface area contributed by atoms with E-state index in [1.165, 1.54) is 77.0 Å². The van der Waals surface area contributed by atoms with Crippen molar-refractivity contribution in [3.8, 4) is 5.75 Å². The van der Waals surface area contributed by atoms with Crippen molar-refractivity contribution in [2.24, 2.45) is 23.7 Å². The molecule has 0 radical (unpaired) electrons. The third-order valence-electron chi connectivity index (χ3n) is 11.4. The molecule has 2 aromatic carbocycles. The molecule has 7 heteroatoms. The molecule has 250 valence electrons. The Morgan fingerprint density at radius 2 is 1.22 bits per heavy atom. The molecule has 5 rings (SSSR count). The van der Waals surface area contributed by atoms with Crippen molar-refractivity contribution in [1.29, 1.82) is 0 Å². The summed E-state index contributed by atoms with van der Waals surface area (Å²) in [6.07, 6.45) is 15.6. The van der Waals surface area contributed by atoms with Crippen LogP contribution in [-0.2, 0) is 0 Å². The molecule has 0 heterocycles. The number of alkyl halides is 2. The second-order valence-electron chi connectivity index (χ2n) is 14.3. The predicted octanol–water partition coefficient (Wildman–Crippen LogP) is 12.6. The fourth-order valence-corrected chi connectivity index (χ4v) is 8.61. The first-order valence-corrected chi connectivity index (χ1v) is 17.6. The highest BCUT2D eigenvalue weighted by Gasteiger charge is 2.44. The smallest absolute Gasteiger partial charge is 0.400 e. The van der Waals surface area contributed by atoms with Crippen molar-refractivity contribution in [2.45, 2.75) is 140 Å². The number of benzene rings is 2. The van der Waals surface area contributed by atoms with Crippen molar-refractivity contribution in [2.75, 3.05) is 0 Å². The molecule has 0 saturated heterocycles. The quantitative estimate of drug-likeness (QED) is 0.128. The number of unbranched alkanes of at least 4 members (excludes halogenated alkanes) is 4. The third-order valence-corrected chi connectivity index (χ3v) is 11.4. The SMILES string of the molecule is CCCCCCCC1CCC(C2CCC(c3ccc(C4CCC(C(F)(F)Oc5cc(F)c(F)c(F)c5)CC4)c(F)c3)CC2)CC1. The summed E-state index contributed by atoms with van der Waals surface area (Å²) in [7, 11) is 0. The monoisotopic (exact) mass is 636 g/mol. The van der Waals surface area contributed by atoms with Crippen LogP contribution in [-0.4, -0.2) is 6.11 Å². The van der Waals surface area contributed by atoms with Gasteiger partial charge in [-0.25, -0.2) is 17.6 Å². The van der Waals surface area contributed by atoms with Gasteiger partial charge < -0.3 is 4.74 Å². The van der Waals surface area contributed by atoms with Gasteiger partial charge in [0.25, 0.3) is 0 Å². The molecule has 3 fully saturated rings. The van der Waals surface area contributed by atoms with Crippen molar-refractivity contribution in [1.82, 2.24) is 0 Å². The van der Waals surface area contributed by atoms with Gasteiger partial charge in [-0.05, 0) is 111 Å². The first-order chi connectivity index (χ1) is 21.6. The Hall–Kier alpha value is -2.18. The van der Waals surface area contributed by atoms with Gasteiger partial charge in [0.05, 0.1) is 5.92 Å². The van der Waals surface area contributed by atoms with Gasteiger partial charge in [-0.2, -0.15) is 8.78 Å². The van der Waals surface area contributed by atoms with Gasteiger partial charge in [0.2, 0.25) is 0 Å². The van der Waals surface area contributed by atoms with Crippen LogP contribution < -0.4 is 4.74 Å². The van der Waals surface area contributed by atoms with Crippen LogP contribution in [0.1, 0.15) is 145 Å². The summed E-state index contributed by atoms with van der Waals surface area (Å²) < 4.78 is 89.8. The summed E-state index contributed by atoms with van der Waals surface area (Å²) in [5.74, 6) is -4.33. The molecule has 1 nitrogen and oxygen atoms in total. The van der Waals surface area contributed by atoms with Crippen molar-refractivity contribution < 1.29 is 31.1 Å². The third kappa shape index (κ3) is 8.80. The van der Waals surface area contributed by atoms with Gasteiger partial charge in [0, 0.05) is 12.1 Å².